The number of aliphatic hydroxyl groups excluding tert-OH is 1. The summed E-state index contributed by atoms with van der Waals surface area (Å²) < 4.78 is 0. The molecule has 2 rings (SSSR count). The van der Waals surface area contributed by atoms with Gasteiger partial charge in [-0.05, 0) is 25.8 Å². The summed E-state index contributed by atoms with van der Waals surface area (Å²) in [6, 6.07) is 0. The zero-order valence-electron chi connectivity index (χ0n) is 13.5. The third-order valence-corrected chi connectivity index (χ3v) is 5.13. The summed E-state index contributed by atoms with van der Waals surface area (Å²) in [6.45, 7) is 7.85. The first-order valence-corrected chi connectivity index (χ1v) is 9.04. The number of likely N-dealkylation sites (tertiary alicyclic amines) is 1. The van der Waals surface area contributed by atoms with Crippen LogP contribution in [0.25, 0.3) is 0 Å². The lowest BCUT2D eigenvalue weighted by atomic mass is 10.1. The van der Waals surface area contributed by atoms with Crippen molar-refractivity contribution >= 4 is 17.2 Å². The van der Waals surface area contributed by atoms with Crippen LogP contribution in [0, 0.1) is 0 Å². The Morgan fingerprint density at radius 2 is 2.23 bits per heavy atom. The van der Waals surface area contributed by atoms with Crippen LogP contribution in [0.5, 0.6) is 0 Å². The molecule has 1 aliphatic heterocycles. The monoisotopic (exact) mass is 325 g/mol. The van der Waals surface area contributed by atoms with E-state index in [9.17, 15) is 9.90 Å². The Hall–Kier alpha value is -0.980. The fraction of sp³-hybridized carbons (Fsp3) is 0.750. The minimum Gasteiger partial charge on any atom is -0.393 e. The zero-order valence-corrected chi connectivity index (χ0v) is 14.4. The van der Waals surface area contributed by atoms with Crippen LogP contribution in [-0.2, 0) is 11.2 Å². The van der Waals surface area contributed by atoms with Crippen molar-refractivity contribution in [2.24, 2.45) is 0 Å². The summed E-state index contributed by atoms with van der Waals surface area (Å²) in [5.41, 5.74) is 0.871. The number of carbonyl (C=O) groups excluding carboxylic acids is 1. The molecule has 0 atom stereocenters. The number of carbonyl (C=O) groups is 1. The van der Waals surface area contributed by atoms with Gasteiger partial charge in [0.15, 0.2) is 0 Å². The molecule has 22 heavy (non-hydrogen) atoms. The van der Waals surface area contributed by atoms with Gasteiger partial charge in [-0.3, -0.25) is 4.79 Å². The molecule has 6 heteroatoms. The predicted molar refractivity (Wildman–Crippen MR) is 89.2 cm³/mol. The first-order valence-electron chi connectivity index (χ1n) is 8.16. The molecule has 0 bridgehead atoms. The van der Waals surface area contributed by atoms with Gasteiger partial charge < -0.3 is 15.3 Å². The van der Waals surface area contributed by atoms with Crippen molar-refractivity contribution in [2.45, 2.75) is 51.6 Å². The Balaban J connectivity index is 1.59. The van der Waals surface area contributed by atoms with Crippen LogP contribution in [0.1, 0.15) is 49.7 Å². The maximum Gasteiger partial charge on any atom is 0.226 e. The van der Waals surface area contributed by atoms with Gasteiger partial charge in [-0.2, -0.15) is 0 Å². The molecule has 5 nitrogen and oxygen atoms in total. The number of aliphatic hydroxyl groups is 1. The van der Waals surface area contributed by atoms with Crippen LogP contribution in [-0.4, -0.2) is 53.2 Å². The average Bonchev–Trinajstić information content (AvgIpc) is 2.94. The first kappa shape index (κ1) is 17.4. The van der Waals surface area contributed by atoms with Gasteiger partial charge in [0, 0.05) is 30.9 Å². The van der Waals surface area contributed by atoms with Crippen LogP contribution in [0.15, 0.2) is 5.38 Å². The van der Waals surface area contributed by atoms with E-state index in [1.807, 2.05) is 5.38 Å². The molecule has 0 saturated carbocycles. The number of hydrogen-bond acceptors (Lipinski definition) is 5. The number of thiazole rings is 1. The summed E-state index contributed by atoms with van der Waals surface area (Å²) in [5, 5.41) is 15.5. The third kappa shape index (κ3) is 5.66. The lowest BCUT2D eigenvalue weighted by molar-refractivity contribution is -0.120. The second kappa shape index (κ2) is 8.60. The molecule has 1 aromatic rings. The lowest BCUT2D eigenvalue weighted by Gasteiger charge is -2.29. The van der Waals surface area contributed by atoms with Crippen LogP contribution in [0.2, 0.25) is 0 Å². The summed E-state index contributed by atoms with van der Waals surface area (Å²) in [5.74, 6) is 0.472. The van der Waals surface area contributed by atoms with Crippen molar-refractivity contribution < 1.29 is 9.90 Å². The number of amides is 1. The van der Waals surface area contributed by atoms with Crippen LogP contribution >= 0.6 is 11.3 Å². The summed E-state index contributed by atoms with van der Waals surface area (Å²) in [6.07, 6.45) is 2.95. The van der Waals surface area contributed by atoms with Crippen LogP contribution in [0.4, 0.5) is 0 Å². The van der Waals surface area contributed by atoms with Gasteiger partial charge in [0.2, 0.25) is 5.91 Å². The quantitative estimate of drug-likeness (QED) is 0.750. The van der Waals surface area contributed by atoms with Crippen molar-refractivity contribution in [3.8, 4) is 0 Å². The maximum absolute atomic E-state index is 11.9. The Morgan fingerprint density at radius 3 is 2.86 bits per heavy atom. The highest BCUT2D eigenvalue weighted by atomic mass is 32.1. The van der Waals surface area contributed by atoms with E-state index in [-0.39, 0.29) is 12.0 Å². The van der Waals surface area contributed by atoms with Gasteiger partial charge in [-0.15, -0.1) is 11.3 Å². The van der Waals surface area contributed by atoms with E-state index in [0.29, 0.717) is 18.9 Å². The summed E-state index contributed by atoms with van der Waals surface area (Å²) in [4.78, 5) is 18.7. The second-order valence-corrected chi connectivity index (χ2v) is 7.17. The highest BCUT2D eigenvalue weighted by Crippen LogP contribution is 2.19. The van der Waals surface area contributed by atoms with Gasteiger partial charge >= 0.3 is 0 Å². The van der Waals surface area contributed by atoms with Gasteiger partial charge in [-0.1, -0.05) is 13.8 Å². The number of aromatic nitrogens is 1. The van der Waals surface area contributed by atoms with Crippen molar-refractivity contribution in [1.29, 1.82) is 0 Å². The van der Waals surface area contributed by atoms with Crippen molar-refractivity contribution in [1.82, 2.24) is 15.2 Å². The molecule has 124 valence electrons. The molecule has 2 N–H and O–H groups in total. The largest absolute Gasteiger partial charge is 0.393 e. The second-order valence-electron chi connectivity index (χ2n) is 6.28. The van der Waals surface area contributed by atoms with Crippen molar-refractivity contribution in [3.63, 3.8) is 0 Å². The van der Waals surface area contributed by atoms with E-state index in [1.165, 1.54) is 0 Å². The number of piperidine rings is 1. The molecule has 0 radical (unpaired) electrons. The molecule has 0 aliphatic carbocycles. The molecule has 1 aromatic heterocycles. The molecule has 0 spiro atoms. The van der Waals surface area contributed by atoms with Crippen LogP contribution in [0.3, 0.4) is 0 Å². The predicted octanol–water partition coefficient (Wildman–Crippen LogP) is 1.77. The van der Waals surface area contributed by atoms with Gasteiger partial charge in [0.25, 0.3) is 0 Å². The van der Waals surface area contributed by atoms with Gasteiger partial charge in [-0.25, -0.2) is 4.98 Å². The normalized spacial score (nSPS) is 17.1. The zero-order chi connectivity index (χ0) is 15.9. The Bertz CT molecular complexity index is 468. The molecule has 0 unspecified atom stereocenters. The summed E-state index contributed by atoms with van der Waals surface area (Å²) >= 11 is 1.63. The summed E-state index contributed by atoms with van der Waals surface area (Å²) in [7, 11) is 0. The first-order chi connectivity index (χ1) is 10.5. The fourth-order valence-electron chi connectivity index (χ4n) is 2.57. The molecular weight excluding hydrogens is 298 g/mol. The van der Waals surface area contributed by atoms with Gasteiger partial charge in [0.1, 0.15) is 0 Å². The highest BCUT2D eigenvalue weighted by Gasteiger charge is 2.16. The van der Waals surface area contributed by atoms with E-state index in [2.05, 4.69) is 29.0 Å². The standard InChI is InChI=1S/C16H27N3O2S/c1-12(2)16-18-13(11-22-16)10-15(21)17-6-3-7-19-8-4-14(20)5-9-19/h11-12,14,20H,3-10H2,1-2H3,(H,17,21). The van der Waals surface area contributed by atoms with E-state index < -0.39 is 0 Å². The van der Waals surface area contributed by atoms with E-state index in [0.717, 1.165) is 49.6 Å². The van der Waals surface area contributed by atoms with Gasteiger partial charge in [0.05, 0.1) is 23.2 Å². The number of rotatable bonds is 7. The SMILES string of the molecule is CC(C)c1nc(CC(=O)NCCCN2CCC(O)CC2)cs1. The topological polar surface area (TPSA) is 65.5 Å². The number of hydrogen-bond donors (Lipinski definition) is 2. The highest BCUT2D eigenvalue weighted by molar-refractivity contribution is 7.09. The Kier molecular flexibility index (Phi) is 6.79. The maximum atomic E-state index is 11.9. The Morgan fingerprint density at radius 1 is 1.50 bits per heavy atom. The lowest BCUT2D eigenvalue weighted by Crippen LogP contribution is -2.37. The van der Waals surface area contributed by atoms with E-state index >= 15 is 0 Å². The minimum absolute atomic E-state index is 0.0506. The smallest absolute Gasteiger partial charge is 0.226 e. The Labute approximate surface area is 136 Å². The molecule has 1 fully saturated rings. The van der Waals surface area contributed by atoms with E-state index in [1.54, 1.807) is 11.3 Å². The van der Waals surface area contributed by atoms with Crippen LogP contribution < -0.4 is 5.32 Å². The minimum atomic E-state index is -0.121. The molecule has 1 amide bonds. The van der Waals surface area contributed by atoms with Crippen molar-refractivity contribution in [3.05, 3.63) is 16.1 Å². The molecule has 0 aromatic carbocycles. The number of nitrogens with one attached hydrogen (secondary N) is 1. The third-order valence-electron chi connectivity index (χ3n) is 3.94. The molecule has 2 heterocycles. The van der Waals surface area contributed by atoms with E-state index in [4.69, 9.17) is 0 Å². The number of nitrogens with zero attached hydrogens (tertiary/aromatic N) is 2. The molecule has 1 aliphatic rings. The molecule has 1 saturated heterocycles. The van der Waals surface area contributed by atoms with Crippen molar-refractivity contribution in [2.75, 3.05) is 26.2 Å². The molecular formula is C16H27N3O2S. The average molecular weight is 325 g/mol. The fourth-order valence-corrected chi connectivity index (χ4v) is 3.40.